The fourth-order valence-corrected chi connectivity index (χ4v) is 4.11. The van der Waals surface area contributed by atoms with Crippen LogP contribution in [0.5, 0.6) is 11.5 Å². The van der Waals surface area contributed by atoms with E-state index in [0.717, 1.165) is 23.3 Å². The van der Waals surface area contributed by atoms with Crippen molar-refractivity contribution in [3.63, 3.8) is 0 Å². The number of urea groups is 1. The summed E-state index contributed by atoms with van der Waals surface area (Å²) in [7, 11) is 3.21. The van der Waals surface area contributed by atoms with Crippen LogP contribution in [0.4, 0.5) is 16.2 Å². The van der Waals surface area contributed by atoms with Crippen LogP contribution in [-0.2, 0) is 6.54 Å². The summed E-state index contributed by atoms with van der Waals surface area (Å²) in [6, 6.07) is 20.4. The number of aryl methyl sites for hydroxylation is 1. The van der Waals surface area contributed by atoms with Crippen LogP contribution in [0.15, 0.2) is 66.7 Å². The molecule has 1 N–H and O–H groups in total. The number of hydrogen-bond acceptors (Lipinski definition) is 4. The molecule has 3 amide bonds. The first-order valence-corrected chi connectivity index (χ1v) is 11.2. The number of carbonyl (C=O) groups is 2. The van der Waals surface area contributed by atoms with E-state index >= 15 is 0 Å². The first-order valence-electron chi connectivity index (χ1n) is 11.2. The molecule has 7 heteroatoms. The molecular formula is C27H29N3O4. The van der Waals surface area contributed by atoms with E-state index in [1.165, 1.54) is 0 Å². The largest absolute Gasteiger partial charge is 0.497 e. The molecule has 1 aliphatic heterocycles. The highest BCUT2D eigenvalue weighted by Gasteiger charge is 2.29. The van der Waals surface area contributed by atoms with Crippen molar-refractivity contribution in [2.24, 2.45) is 0 Å². The zero-order chi connectivity index (χ0) is 24.1. The Morgan fingerprint density at radius 3 is 2.44 bits per heavy atom. The van der Waals surface area contributed by atoms with Crippen LogP contribution in [0, 0.1) is 6.92 Å². The number of anilines is 2. The second-order valence-corrected chi connectivity index (χ2v) is 8.21. The minimum atomic E-state index is -0.194. The van der Waals surface area contributed by atoms with Crippen LogP contribution in [-0.4, -0.2) is 44.1 Å². The molecule has 1 heterocycles. The molecule has 1 saturated heterocycles. The lowest BCUT2D eigenvalue weighted by atomic mass is 10.1. The molecule has 0 bridgehead atoms. The summed E-state index contributed by atoms with van der Waals surface area (Å²) in [5.41, 5.74) is 3.77. The van der Waals surface area contributed by atoms with Gasteiger partial charge in [-0.25, -0.2) is 4.79 Å². The van der Waals surface area contributed by atoms with Crippen molar-refractivity contribution in [2.75, 3.05) is 37.5 Å². The van der Waals surface area contributed by atoms with Gasteiger partial charge in [0, 0.05) is 30.9 Å². The summed E-state index contributed by atoms with van der Waals surface area (Å²) in [4.78, 5) is 29.7. The number of benzene rings is 3. The van der Waals surface area contributed by atoms with Gasteiger partial charge in [0.05, 0.1) is 19.9 Å². The highest BCUT2D eigenvalue weighted by Crippen LogP contribution is 2.34. The minimum Gasteiger partial charge on any atom is -0.497 e. The van der Waals surface area contributed by atoms with Crippen molar-refractivity contribution in [2.45, 2.75) is 19.9 Å². The number of hydrogen-bond donors (Lipinski definition) is 1. The molecule has 1 aliphatic rings. The zero-order valence-corrected chi connectivity index (χ0v) is 19.7. The van der Waals surface area contributed by atoms with Crippen LogP contribution in [0.1, 0.15) is 27.9 Å². The number of nitrogens with zero attached hydrogens (tertiary/aromatic N) is 2. The molecule has 34 heavy (non-hydrogen) atoms. The number of amides is 3. The molecule has 3 aromatic rings. The Hall–Kier alpha value is -4.00. The van der Waals surface area contributed by atoms with Gasteiger partial charge in [0.1, 0.15) is 11.5 Å². The third-order valence-corrected chi connectivity index (χ3v) is 5.96. The molecule has 7 nitrogen and oxygen atoms in total. The molecule has 3 aromatic carbocycles. The lowest BCUT2D eigenvalue weighted by molar-refractivity contribution is 0.102. The van der Waals surface area contributed by atoms with E-state index in [0.29, 0.717) is 42.3 Å². The van der Waals surface area contributed by atoms with E-state index in [4.69, 9.17) is 9.47 Å². The fraction of sp³-hybridized carbons (Fsp3) is 0.259. The Bertz CT molecular complexity index is 1180. The molecule has 1 fully saturated rings. The Kier molecular flexibility index (Phi) is 7.01. The van der Waals surface area contributed by atoms with E-state index < -0.39 is 0 Å². The number of nitrogens with one attached hydrogen (secondary N) is 1. The van der Waals surface area contributed by atoms with Gasteiger partial charge in [-0.15, -0.1) is 0 Å². The standard InChI is InChI=1S/C27H29N3O4/c1-19-7-4-5-8-23(19)26(31)28-21-11-14-25(34-3)24(17-21)30-16-6-15-29(27(30)32)18-20-9-12-22(33-2)13-10-20/h4-5,7-14,17H,6,15-16,18H2,1-3H3,(H,28,31). The average Bonchev–Trinajstić information content (AvgIpc) is 2.86. The summed E-state index contributed by atoms with van der Waals surface area (Å²) < 4.78 is 10.8. The Labute approximate surface area is 199 Å². The minimum absolute atomic E-state index is 0.0947. The maximum absolute atomic E-state index is 13.4. The number of methoxy groups -OCH3 is 2. The molecule has 176 valence electrons. The third kappa shape index (κ3) is 4.98. The highest BCUT2D eigenvalue weighted by molar-refractivity contribution is 6.06. The fourth-order valence-electron chi connectivity index (χ4n) is 4.11. The summed E-state index contributed by atoms with van der Waals surface area (Å²) >= 11 is 0. The van der Waals surface area contributed by atoms with Gasteiger partial charge in [-0.3, -0.25) is 9.69 Å². The molecule has 0 aromatic heterocycles. The van der Waals surface area contributed by atoms with Crippen molar-refractivity contribution in [1.29, 1.82) is 0 Å². The van der Waals surface area contributed by atoms with E-state index in [9.17, 15) is 9.59 Å². The van der Waals surface area contributed by atoms with Crippen molar-refractivity contribution >= 4 is 23.3 Å². The monoisotopic (exact) mass is 459 g/mol. The second-order valence-electron chi connectivity index (χ2n) is 8.21. The Balaban J connectivity index is 1.55. The lowest BCUT2D eigenvalue weighted by Gasteiger charge is -2.36. The van der Waals surface area contributed by atoms with Crippen molar-refractivity contribution in [3.8, 4) is 11.5 Å². The lowest BCUT2D eigenvalue weighted by Crippen LogP contribution is -2.49. The first-order chi connectivity index (χ1) is 16.5. The van der Waals surface area contributed by atoms with E-state index in [1.54, 1.807) is 43.4 Å². The van der Waals surface area contributed by atoms with Crippen molar-refractivity contribution in [3.05, 3.63) is 83.4 Å². The normalized spacial score (nSPS) is 13.6. The van der Waals surface area contributed by atoms with Gasteiger partial charge >= 0.3 is 6.03 Å². The molecule has 0 saturated carbocycles. The van der Waals surface area contributed by atoms with Crippen molar-refractivity contribution in [1.82, 2.24) is 4.90 Å². The quantitative estimate of drug-likeness (QED) is 0.534. The van der Waals surface area contributed by atoms with Crippen LogP contribution in [0.3, 0.4) is 0 Å². The van der Waals surface area contributed by atoms with Crippen molar-refractivity contribution < 1.29 is 19.1 Å². The molecular weight excluding hydrogens is 430 g/mol. The van der Waals surface area contributed by atoms with Gasteiger partial charge in [0.25, 0.3) is 5.91 Å². The topological polar surface area (TPSA) is 71.1 Å². The maximum atomic E-state index is 13.4. The van der Waals surface area contributed by atoms with Gasteiger partial charge in [-0.1, -0.05) is 30.3 Å². The predicted molar refractivity (Wildman–Crippen MR) is 133 cm³/mol. The average molecular weight is 460 g/mol. The van der Waals surface area contributed by atoms with Crippen LogP contribution >= 0.6 is 0 Å². The summed E-state index contributed by atoms with van der Waals surface area (Å²) in [6.45, 7) is 3.65. The van der Waals surface area contributed by atoms with Crippen LogP contribution in [0.2, 0.25) is 0 Å². The Morgan fingerprint density at radius 2 is 1.74 bits per heavy atom. The number of ether oxygens (including phenoxy) is 2. The molecule has 0 aliphatic carbocycles. The summed E-state index contributed by atoms with van der Waals surface area (Å²) in [5.74, 6) is 1.17. The van der Waals surface area contributed by atoms with Gasteiger partial charge < -0.3 is 19.7 Å². The van der Waals surface area contributed by atoms with Gasteiger partial charge in [0.15, 0.2) is 0 Å². The zero-order valence-electron chi connectivity index (χ0n) is 19.7. The third-order valence-electron chi connectivity index (χ3n) is 5.96. The Morgan fingerprint density at radius 1 is 0.971 bits per heavy atom. The SMILES string of the molecule is COc1ccc(CN2CCCN(c3cc(NC(=O)c4ccccc4C)ccc3OC)C2=O)cc1. The van der Waals surface area contributed by atoms with Crippen LogP contribution in [0.25, 0.3) is 0 Å². The molecule has 0 unspecified atom stereocenters. The first kappa shape index (κ1) is 23.2. The molecule has 0 atom stereocenters. The van der Waals surface area contributed by atoms with E-state index in [1.807, 2.05) is 54.3 Å². The number of carbonyl (C=O) groups excluding carboxylic acids is 2. The smallest absolute Gasteiger partial charge is 0.324 e. The highest BCUT2D eigenvalue weighted by atomic mass is 16.5. The predicted octanol–water partition coefficient (Wildman–Crippen LogP) is 5.10. The molecule has 0 spiro atoms. The summed E-state index contributed by atoms with van der Waals surface area (Å²) in [5, 5.41) is 2.95. The van der Waals surface area contributed by atoms with Crippen LogP contribution < -0.4 is 19.7 Å². The van der Waals surface area contributed by atoms with Gasteiger partial charge in [0.2, 0.25) is 0 Å². The number of rotatable bonds is 7. The van der Waals surface area contributed by atoms with E-state index in [-0.39, 0.29) is 11.9 Å². The maximum Gasteiger partial charge on any atom is 0.324 e. The molecule has 0 radical (unpaired) electrons. The van der Waals surface area contributed by atoms with E-state index in [2.05, 4.69) is 5.32 Å². The second kappa shape index (κ2) is 10.3. The molecule has 4 rings (SSSR count). The van der Waals surface area contributed by atoms with Gasteiger partial charge in [-0.05, 0) is 60.9 Å². The van der Waals surface area contributed by atoms with Gasteiger partial charge in [-0.2, -0.15) is 0 Å². The summed E-state index contributed by atoms with van der Waals surface area (Å²) in [6.07, 6.45) is 0.824.